The number of rotatable bonds is 7. The van der Waals surface area contributed by atoms with Crippen LogP contribution in [0.4, 0.5) is 4.79 Å². The first kappa shape index (κ1) is 17.2. The molecule has 0 radical (unpaired) electrons. The number of likely N-dealkylation sites (tertiary alicyclic amines) is 1. The van der Waals surface area contributed by atoms with Crippen LogP contribution in [-0.2, 0) is 10.0 Å². The number of amides is 2. The maximum Gasteiger partial charge on any atom is 0.314 e. The summed E-state index contributed by atoms with van der Waals surface area (Å²) < 4.78 is 24.3. The largest absolute Gasteiger partial charge is 0.351 e. The predicted molar refractivity (Wildman–Crippen MR) is 78.9 cm³/mol. The Labute approximate surface area is 121 Å². The summed E-state index contributed by atoms with van der Waals surface area (Å²) in [5.41, 5.74) is 5.23. The van der Waals surface area contributed by atoms with Gasteiger partial charge in [0.25, 0.3) is 0 Å². The first-order chi connectivity index (χ1) is 9.34. The van der Waals surface area contributed by atoms with Gasteiger partial charge < -0.3 is 16.0 Å². The monoisotopic (exact) mass is 306 g/mol. The van der Waals surface area contributed by atoms with Crippen molar-refractivity contribution in [2.45, 2.75) is 32.2 Å². The van der Waals surface area contributed by atoms with Crippen molar-refractivity contribution in [1.29, 1.82) is 0 Å². The van der Waals surface area contributed by atoms with Gasteiger partial charge in [-0.1, -0.05) is 6.92 Å². The molecule has 7 nitrogen and oxygen atoms in total. The van der Waals surface area contributed by atoms with Crippen LogP contribution in [0.5, 0.6) is 0 Å². The molecule has 0 saturated carbocycles. The number of sulfonamides is 1. The Morgan fingerprint density at radius 3 is 2.45 bits per heavy atom. The van der Waals surface area contributed by atoms with E-state index in [0.29, 0.717) is 32.2 Å². The van der Waals surface area contributed by atoms with E-state index in [1.54, 1.807) is 4.90 Å². The highest BCUT2D eigenvalue weighted by Gasteiger charge is 2.20. The second kappa shape index (κ2) is 7.80. The molecule has 1 aliphatic heterocycles. The minimum atomic E-state index is -3.09. The molecular formula is C12H26N4O3S. The van der Waals surface area contributed by atoms with Crippen LogP contribution in [0.3, 0.4) is 0 Å². The van der Waals surface area contributed by atoms with Crippen LogP contribution >= 0.6 is 0 Å². The fraction of sp³-hybridized carbons (Fsp3) is 0.917. The molecule has 0 atom stereocenters. The van der Waals surface area contributed by atoms with E-state index in [1.165, 1.54) is 10.6 Å². The van der Waals surface area contributed by atoms with Gasteiger partial charge in [-0.15, -0.1) is 0 Å². The van der Waals surface area contributed by atoms with E-state index in [9.17, 15) is 13.2 Å². The van der Waals surface area contributed by atoms with Gasteiger partial charge in [0.05, 0.1) is 6.26 Å². The second-order valence-corrected chi connectivity index (χ2v) is 7.14. The van der Waals surface area contributed by atoms with Gasteiger partial charge in [0, 0.05) is 32.2 Å². The number of carbonyl (C=O) groups excluding carboxylic acids is 1. The Balaban J connectivity index is 2.18. The third-order valence-corrected chi connectivity index (χ3v) is 5.02. The fourth-order valence-electron chi connectivity index (χ4n) is 2.42. The van der Waals surface area contributed by atoms with Crippen molar-refractivity contribution in [2.75, 3.05) is 39.0 Å². The van der Waals surface area contributed by atoms with Crippen LogP contribution in [0.2, 0.25) is 0 Å². The van der Waals surface area contributed by atoms with E-state index >= 15 is 0 Å². The summed E-state index contributed by atoms with van der Waals surface area (Å²) in [4.78, 5) is 12.6. The molecule has 0 aromatic carbocycles. The third kappa shape index (κ3) is 5.64. The van der Waals surface area contributed by atoms with Gasteiger partial charge in [0.2, 0.25) is 10.0 Å². The Bertz CT molecular complexity index is 405. The Kier molecular flexibility index (Phi) is 6.70. The Morgan fingerprint density at radius 1 is 1.40 bits per heavy atom. The number of urea groups is 1. The second-order valence-electron chi connectivity index (χ2n) is 5.16. The number of primary amides is 1. The van der Waals surface area contributed by atoms with Gasteiger partial charge in [0.1, 0.15) is 0 Å². The highest BCUT2D eigenvalue weighted by atomic mass is 32.2. The summed E-state index contributed by atoms with van der Waals surface area (Å²) in [6, 6.07) is 0.0362. The van der Waals surface area contributed by atoms with Crippen LogP contribution in [-0.4, -0.2) is 68.7 Å². The van der Waals surface area contributed by atoms with Gasteiger partial charge in [0.15, 0.2) is 0 Å². The average molecular weight is 306 g/mol. The number of nitrogens with zero attached hydrogens (tertiary/aromatic N) is 2. The first-order valence-electron chi connectivity index (χ1n) is 7.07. The number of hydrogen-bond acceptors (Lipinski definition) is 4. The van der Waals surface area contributed by atoms with Crippen molar-refractivity contribution in [3.63, 3.8) is 0 Å². The Hall–Kier alpha value is -0.860. The molecular weight excluding hydrogens is 280 g/mol. The molecule has 1 heterocycles. The molecule has 118 valence electrons. The van der Waals surface area contributed by atoms with Gasteiger partial charge in [-0.25, -0.2) is 17.5 Å². The summed E-state index contributed by atoms with van der Waals surface area (Å²) in [6.45, 7) is 5.06. The molecule has 2 amide bonds. The van der Waals surface area contributed by atoms with E-state index in [2.05, 4.69) is 5.32 Å². The molecule has 3 N–H and O–H groups in total. The summed E-state index contributed by atoms with van der Waals surface area (Å²) in [5.74, 6) is 0. The predicted octanol–water partition coefficient (Wildman–Crippen LogP) is -0.209. The molecule has 1 rings (SSSR count). The zero-order chi connectivity index (χ0) is 15.2. The molecule has 1 fully saturated rings. The van der Waals surface area contributed by atoms with Gasteiger partial charge in [-0.3, -0.25) is 0 Å². The Morgan fingerprint density at radius 2 is 2.00 bits per heavy atom. The lowest BCUT2D eigenvalue weighted by atomic mass is 10.1. The van der Waals surface area contributed by atoms with Crippen molar-refractivity contribution in [1.82, 2.24) is 14.5 Å². The van der Waals surface area contributed by atoms with E-state index in [-0.39, 0.29) is 6.03 Å². The topological polar surface area (TPSA) is 95.7 Å². The molecule has 0 unspecified atom stereocenters. The standard InChI is InChI=1S/C12H26N4O3S/c1-3-16(20(2,18)19)8-4-7-14-11-5-9-15(10-6-11)12(13)17/h11,14H,3-10H2,1-2H3,(H2,13,17). The van der Waals surface area contributed by atoms with Crippen LogP contribution in [0, 0.1) is 0 Å². The minimum Gasteiger partial charge on any atom is -0.351 e. The maximum atomic E-state index is 11.4. The average Bonchev–Trinajstić information content (AvgIpc) is 2.37. The number of hydrogen-bond donors (Lipinski definition) is 2. The molecule has 0 aliphatic carbocycles. The smallest absolute Gasteiger partial charge is 0.314 e. The molecule has 1 aliphatic rings. The zero-order valence-corrected chi connectivity index (χ0v) is 13.2. The molecule has 0 aromatic rings. The van der Waals surface area contributed by atoms with Gasteiger partial charge in [-0.2, -0.15) is 0 Å². The molecule has 0 bridgehead atoms. The highest BCUT2D eigenvalue weighted by molar-refractivity contribution is 7.88. The quantitative estimate of drug-likeness (QED) is 0.636. The van der Waals surface area contributed by atoms with Crippen LogP contribution in [0.1, 0.15) is 26.2 Å². The third-order valence-electron chi connectivity index (χ3n) is 3.65. The van der Waals surface area contributed by atoms with Crippen molar-refractivity contribution in [3.8, 4) is 0 Å². The fourth-order valence-corrected chi connectivity index (χ4v) is 3.35. The van der Waals surface area contributed by atoms with Crippen LogP contribution in [0.25, 0.3) is 0 Å². The number of nitrogens with one attached hydrogen (secondary N) is 1. The van der Waals surface area contributed by atoms with Crippen molar-refractivity contribution >= 4 is 16.1 Å². The molecule has 20 heavy (non-hydrogen) atoms. The van der Waals surface area contributed by atoms with Crippen molar-refractivity contribution in [3.05, 3.63) is 0 Å². The number of carbonyl (C=O) groups is 1. The molecule has 8 heteroatoms. The molecule has 0 spiro atoms. The van der Waals surface area contributed by atoms with Gasteiger partial charge in [-0.05, 0) is 25.8 Å². The first-order valence-corrected chi connectivity index (χ1v) is 8.92. The van der Waals surface area contributed by atoms with Gasteiger partial charge >= 0.3 is 6.03 Å². The normalized spacial score (nSPS) is 17.6. The lowest BCUT2D eigenvalue weighted by Gasteiger charge is -2.31. The SMILES string of the molecule is CCN(CCCNC1CCN(C(N)=O)CC1)S(C)(=O)=O. The van der Waals surface area contributed by atoms with E-state index in [0.717, 1.165) is 25.8 Å². The van der Waals surface area contributed by atoms with Crippen LogP contribution in [0.15, 0.2) is 0 Å². The van der Waals surface area contributed by atoms with E-state index in [1.807, 2.05) is 6.92 Å². The highest BCUT2D eigenvalue weighted by Crippen LogP contribution is 2.09. The van der Waals surface area contributed by atoms with Crippen molar-refractivity contribution < 1.29 is 13.2 Å². The molecule has 0 aromatic heterocycles. The van der Waals surface area contributed by atoms with E-state index in [4.69, 9.17) is 5.73 Å². The summed E-state index contributed by atoms with van der Waals surface area (Å²) in [5, 5.41) is 3.41. The lowest BCUT2D eigenvalue weighted by Crippen LogP contribution is -2.47. The minimum absolute atomic E-state index is 0.352. The number of nitrogens with two attached hydrogens (primary N) is 1. The molecule has 1 saturated heterocycles. The van der Waals surface area contributed by atoms with Crippen molar-refractivity contribution in [2.24, 2.45) is 5.73 Å². The lowest BCUT2D eigenvalue weighted by molar-refractivity contribution is 0.185. The number of piperidine rings is 1. The summed E-state index contributed by atoms with van der Waals surface area (Å²) in [7, 11) is -3.09. The summed E-state index contributed by atoms with van der Waals surface area (Å²) >= 11 is 0. The van der Waals surface area contributed by atoms with Crippen LogP contribution < -0.4 is 11.1 Å². The maximum absolute atomic E-state index is 11.4. The summed E-state index contributed by atoms with van der Waals surface area (Å²) in [6.07, 6.45) is 3.82. The van der Waals surface area contributed by atoms with E-state index < -0.39 is 10.0 Å². The zero-order valence-electron chi connectivity index (χ0n) is 12.3.